The number of aryl methyl sites for hydroxylation is 1. The number of hydrogen-bond donors (Lipinski definition) is 2. The molecule has 1 fully saturated rings. The fraction of sp³-hybridized carbons (Fsp3) is 0.647. The predicted molar refractivity (Wildman–Crippen MR) is 100 cm³/mol. The first-order valence-electron chi connectivity index (χ1n) is 9.18. The van der Waals surface area contributed by atoms with Crippen molar-refractivity contribution in [2.24, 2.45) is 5.16 Å². The molecule has 1 aromatic heterocycles. The summed E-state index contributed by atoms with van der Waals surface area (Å²) in [6.07, 6.45) is 5.48. The lowest BCUT2D eigenvalue weighted by molar-refractivity contribution is -0.917. The van der Waals surface area contributed by atoms with Crippen LogP contribution in [0.3, 0.4) is 0 Å². The molecule has 1 aliphatic heterocycles. The quantitative estimate of drug-likeness (QED) is 0.121. The summed E-state index contributed by atoms with van der Waals surface area (Å²) in [4.78, 5) is 4.28. The summed E-state index contributed by atoms with van der Waals surface area (Å²) in [5.74, 6) is 0.0336. The Kier molecular flexibility index (Phi) is 9.94. The van der Waals surface area contributed by atoms with E-state index in [-0.39, 0.29) is 5.75 Å². The van der Waals surface area contributed by atoms with E-state index in [1.165, 1.54) is 19.4 Å². The van der Waals surface area contributed by atoms with Crippen LogP contribution in [0.1, 0.15) is 30.7 Å². The minimum atomic E-state index is -6.09. The maximum absolute atomic E-state index is 10.7. The number of aromatic nitrogens is 1. The van der Waals surface area contributed by atoms with Crippen LogP contribution in [0.5, 0.6) is 5.75 Å². The van der Waals surface area contributed by atoms with Gasteiger partial charge in [0, 0.05) is 5.69 Å². The van der Waals surface area contributed by atoms with Crippen LogP contribution < -0.4 is 0 Å². The number of halogens is 3. The van der Waals surface area contributed by atoms with Crippen LogP contribution in [0.15, 0.2) is 17.3 Å². The second-order valence-electron chi connectivity index (χ2n) is 7.06. The molecule has 0 amide bonds. The molecule has 1 aromatic rings. The van der Waals surface area contributed by atoms with Crippen molar-refractivity contribution in [2.75, 3.05) is 39.9 Å². The molecule has 9 nitrogen and oxygen atoms in total. The van der Waals surface area contributed by atoms with E-state index in [0.717, 1.165) is 55.5 Å². The number of alkyl halides is 3. The van der Waals surface area contributed by atoms with Crippen molar-refractivity contribution in [3.05, 3.63) is 23.5 Å². The summed E-state index contributed by atoms with van der Waals surface area (Å²) in [7, 11) is -3.78. The number of unbranched alkanes of at least 4 members (excludes halogenated alkanes) is 2. The molecule has 30 heavy (non-hydrogen) atoms. The molecular formula is C17H26F3N3O6S. The van der Waals surface area contributed by atoms with E-state index in [1.807, 2.05) is 6.07 Å². The highest BCUT2D eigenvalue weighted by Crippen LogP contribution is 2.20. The highest BCUT2D eigenvalue weighted by molar-refractivity contribution is 7.86. The first-order chi connectivity index (χ1) is 13.9. The van der Waals surface area contributed by atoms with Crippen molar-refractivity contribution in [2.45, 2.75) is 31.2 Å². The van der Waals surface area contributed by atoms with E-state index in [2.05, 4.69) is 17.2 Å². The fourth-order valence-electron chi connectivity index (χ4n) is 2.78. The second-order valence-corrected chi connectivity index (χ2v) is 8.44. The number of ether oxygens (including phenoxy) is 1. The molecule has 0 bridgehead atoms. The molecule has 0 aliphatic carbocycles. The molecule has 0 unspecified atom stereocenters. The molecule has 0 radical (unpaired) electrons. The summed E-state index contributed by atoms with van der Waals surface area (Å²) in [5, 5.41) is 21.0. The Morgan fingerprint density at radius 1 is 1.27 bits per heavy atom. The van der Waals surface area contributed by atoms with E-state index in [0.29, 0.717) is 5.69 Å². The first-order valence-corrected chi connectivity index (χ1v) is 10.6. The van der Waals surface area contributed by atoms with Gasteiger partial charge in [0.15, 0.2) is 10.1 Å². The number of rotatable bonds is 7. The van der Waals surface area contributed by atoms with E-state index in [1.54, 1.807) is 6.07 Å². The van der Waals surface area contributed by atoms with Gasteiger partial charge in [-0.3, -0.25) is 0 Å². The third-order valence-corrected chi connectivity index (χ3v) is 5.17. The van der Waals surface area contributed by atoms with Crippen molar-refractivity contribution < 1.29 is 45.7 Å². The first kappa shape index (κ1) is 26.1. The summed E-state index contributed by atoms with van der Waals surface area (Å²) >= 11 is 0. The van der Waals surface area contributed by atoms with Gasteiger partial charge in [-0.05, 0) is 37.8 Å². The number of aromatic hydroxyl groups is 1. The molecule has 1 aliphatic rings. The topological polar surface area (TPSA) is 132 Å². The maximum Gasteiger partial charge on any atom is 0.485 e. The normalized spacial score (nSPS) is 16.8. The number of likely N-dealkylation sites (N-methyl/N-ethyl adjacent to an activating group) is 1. The van der Waals surface area contributed by atoms with Gasteiger partial charge in [0.05, 0.1) is 33.0 Å². The Hall–Kier alpha value is -1.96. The molecule has 0 atom stereocenters. The summed E-state index contributed by atoms with van der Waals surface area (Å²) in [6.45, 7) is 5.19. The number of oxime groups is 1. The van der Waals surface area contributed by atoms with Crippen LogP contribution in [0.2, 0.25) is 0 Å². The van der Waals surface area contributed by atoms with Gasteiger partial charge in [0.2, 0.25) is 0 Å². The Balaban J connectivity index is 0.000000479. The Morgan fingerprint density at radius 3 is 2.40 bits per heavy atom. The van der Waals surface area contributed by atoms with Crippen molar-refractivity contribution in [3.8, 4) is 5.75 Å². The van der Waals surface area contributed by atoms with Crippen molar-refractivity contribution in [1.29, 1.82) is 0 Å². The summed E-state index contributed by atoms with van der Waals surface area (Å²) < 4.78 is 65.4. The van der Waals surface area contributed by atoms with Gasteiger partial charge < -0.3 is 24.1 Å². The lowest BCUT2D eigenvalue weighted by atomic mass is 10.1. The third-order valence-electron chi connectivity index (χ3n) is 4.61. The molecule has 2 rings (SSSR count). The standard InChI is InChI=1S/C16H25N3O3.CHF3O3S/c1-19(9-11-22-12-10-19)8-4-2-3-5-14-6-7-16(20)15(18-14)13-17-21;2-1(3,4)8(5,6)7/h6-7,13H,2-5,8-12H2,1H3,(H-,17,18,20,21);(H,5,6,7). The number of hydrogen-bond acceptors (Lipinski definition) is 8. The van der Waals surface area contributed by atoms with Gasteiger partial charge in [-0.1, -0.05) is 5.16 Å². The van der Waals surface area contributed by atoms with Crippen LogP contribution in [-0.2, 0) is 21.3 Å². The zero-order valence-electron chi connectivity index (χ0n) is 16.5. The van der Waals surface area contributed by atoms with Gasteiger partial charge in [0.1, 0.15) is 24.5 Å². The molecule has 2 heterocycles. The van der Waals surface area contributed by atoms with E-state index >= 15 is 0 Å². The molecule has 13 heteroatoms. The highest BCUT2D eigenvalue weighted by atomic mass is 32.2. The molecule has 172 valence electrons. The molecule has 0 aromatic carbocycles. The molecule has 0 spiro atoms. The number of pyridine rings is 1. The number of nitrogens with zero attached hydrogens (tertiary/aromatic N) is 3. The Bertz CT molecular complexity index is 796. The van der Waals surface area contributed by atoms with E-state index in [9.17, 15) is 18.3 Å². The maximum atomic E-state index is 10.7. The minimum absolute atomic E-state index is 0.0336. The SMILES string of the molecule is C[N+]1(CCCCCc2ccc(O)c(C=NO)n2)CCOCC1.O=S(=O)([O-])C(F)(F)F. The lowest BCUT2D eigenvalue weighted by Gasteiger charge is -2.37. The van der Waals surface area contributed by atoms with Gasteiger partial charge in [-0.25, -0.2) is 13.4 Å². The van der Waals surface area contributed by atoms with Crippen molar-refractivity contribution >= 4 is 16.3 Å². The number of morpholine rings is 1. The average Bonchev–Trinajstić information content (AvgIpc) is 2.63. The average molecular weight is 457 g/mol. The van der Waals surface area contributed by atoms with Crippen LogP contribution >= 0.6 is 0 Å². The molecule has 0 saturated carbocycles. The monoisotopic (exact) mass is 457 g/mol. The van der Waals surface area contributed by atoms with E-state index in [4.69, 9.17) is 22.9 Å². The van der Waals surface area contributed by atoms with Crippen LogP contribution in [0.25, 0.3) is 0 Å². The lowest BCUT2D eigenvalue weighted by Crippen LogP contribution is -2.52. The van der Waals surface area contributed by atoms with Crippen LogP contribution in [0.4, 0.5) is 13.2 Å². The number of quaternary nitrogens is 1. The smallest absolute Gasteiger partial charge is 0.485 e. The van der Waals surface area contributed by atoms with E-state index < -0.39 is 15.6 Å². The van der Waals surface area contributed by atoms with Gasteiger partial charge >= 0.3 is 5.51 Å². The predicted octanol–water partition coefficient (Wildman–Crippen LogP) is 1.84. The zero-order chi connectivity index (χ0) is 22.8. The van der Waals surface area contributed by atoms with Crippen LogP contribution in [-0.4, -0.2) is 84.4 Å². The third kappa shape index (κ3) is 9.24. The molecule has 1 saturated heterocycles. The van der Waals surface area contributed by atoms with Gasteiger partial charge in [-0.2, -0.15) is 13.2 Å². The van der Waals surface area contributed by atoms with Crippen LogP contribution in [0, 0.1) is 0 Å². The Morgan fingerprint density at radius 2 is 1.87 bits per heavy atom. The molecule has 2 N–H and O–H groups in total. The largest absolute Gasteiger partial charge is 0.741 e. The summed E-state index contributed by atoms with van der Waals surface area (Å²) in [5.41, 5.74) is -4.42. The Labute approximate surface area is 173 Å². The summed E-state index contributed by atoms with van der Waals surface area (Å²) in [6, 6.07) is 3.42. The van der Waals surface area contributed by atoms with Gasteiger partial charge in [0.25, 0.3) is 0 Å². The fourth-order valence-corrected chi connectivity index (χ4v) is 2.78. The zero-order valence-corrected chi connectivity index (χ0v) is 17.3. The second kappa shape index (κ2) is 11.4. The highest BCUT2D eigenvalue weighted by Gasteiger charge is 2.36. The minimum Gasteiger partial charge on any atom is -0.741 e. The molecular weight excluding hydrogens is 431 g/mol. The van der Waals surface area contributed by atoms with Crippen molar-refractivity contribution in [3.63, 3.8) is 0 Å². The van der Waals surface area contributed by atoms with Crippen molar-refractivity contribution in [1.82, 2.24) is 4.98 Å². The van der Waals surface area contributed by atoms with Gasteiger partial charge in [-0.15, -0.1) is 0 Å².